The van der Waals surface area contributed by atoms with Crippen LogP contribution in [-0.2, 0) is 17.7 Å². The molecule has 0 spiro atoms. The maximum atomic E-state index is 12.2. The molecule has 1 unspecified atom stereocenters. The molecule has 3 N–H and O–H groups in total. The summed E-state index contributed by atoms with van der Waals surface area (Å²) in [6, 6.07) is 5.92. The van der Waals surface area contributed by atoms with Crippen molar-refractivity contribution >= 4 is 17.8 Å². The number of amides is 3. The molecule has 0 saturated carbocycles. The predicted molar refractivity (Wildman–Crippen MR) is 95.6 cm³/mol. The summed E-state index contributed by atoms with van der Waals surface area (Å²) in [5.41, 5.74) is 3.62. The Morgan fingerprint density at radius 1 is 1.36 bits per heavy atom. The van der Waals surface area contributed by atoms with Gasteiger partial charge in [-0.2, -0.15) is 0 Å². The lowest BCUT2D eigenvalue weighted by Gasteiger charge is -2.32. The van der Waals surface area contributed by atoms with E-state index in [0.29, 0.717) is 19.6 Å². The van der Waals surface area contributed by atoms with E-state index >= 15 is 0 Å². The van der Waals surface area contributed by atoms with Gasteiger partial charge >= 0.3 is 12.1 Å². The standard InChI is InChI=1S/C18H26N4O3/c1-25-18(24)22-10-4-6-14(12-22)21-17(23)20-11-13-5-2-8-16-15(13)7-3-9-19-16/h2,5,8,14,19H,3-4,6-7,9-12H2,1H3,(H2,20,21,23). The lowest BCUT2D eigenvalue weighted by molar-refractivity contribution is 0.108. The second-order valence-corrected chi connectivity index (χ2v) is 6.56. The molecule has 7 heteroatoms. The van der Waals surface area contributed by atoms with Crippen molar-refractivity contribution in [2.45, 2.75) is 38.3 Å². The highest BCUT2D eigenvalue weighted by atomic mass is 16.5. The van der Waals surface area contributed by atoms with Gasteiger partial charge in [0, 0.05) is 37.9 Å². The van der Waals surface area contributed by atoms with Gasteiger partial charge in [0.2, 0.25) is 0 Å². The van der Waals surface area contributed by atoms with Crippen molar-refractivity contribution in [3.8, 4) is 0 Å². The van der Waals surface area contributed by atoms with Crippen LogP contribution in [0.1, 0.15) is 30.4 Å². The van der Waals surface area contributed by atoms with Gasteiger partial charge in [-0.3, -0.25) is 0 Å². The Morgan fingerprint density at radius 3 is 3.08 bits per heavy atom. The Labute approximate surface area is 148 Å². The number of ether oxygens (including phenoxy) is 1. The second-order valence-electron chi connectivity index (χ2n) is 6.56. The predicted octanol–water partition coefficient (Wildman–Crippen LogP) is 2.07. The Kier molecular flexibility index (Phi) is 5.63. The molecule has 7 nitrogen and oxygen atoms in total. The number of hydrogen-bond donors (Lipinski definition) is 3. The molecule has 2 aliphatic heterocycles. The van der Waals surface area contributed by atoms with Gasteiger partial charge in [0.1, 0.15) is 0 Å². The SMILES string of the molecule is COC(=O)N1CCCC(NC(=O)NCc2cccc3c2CCCN3)C1. The van der Waals surface area contributed by atoms with E-state index in [0.717, 1.165) is 37.8 Å². The molecule has 25 heavy (non-hydrogen) atoms. The molecular formula is C18H26N4O3. The Morgan fingerprint density at radius 2 is 2.24 bits per heavy atom. The summed E-state index contributed by atoms with van der Waals surface area (Å²) in [7, 11) is 1.38. The van der Waals surface area contributed by atoms with Crippen molar-refractivity contribution in [1.82, 2.24) is 15.5 Å². The molecule has 1 aromatic rings. The van der Waals surface area contributed by atoms with Gasteiger partial charge in [0.15, 0.2) is 0 Å². The normalized spacial score (nSPS) is 19.4. The van der Waals surface area contributed by atoms with Crippen LogP contribution >= 0.6 is 0 Å². The number of benzene rings is 1. The van der Waals surface area contributed by atoms with E-state index in [4.69, 9.17) is 4.74 Å². The van der Waals surface area contributed by atoms with Gasteiger partial charge in [-0.05, 0) is 42.9 Å². The van der Waals surface area contributed by atoms with Crippen LogP contribution in [0.15, 0.2) is 18.2 Å². The molecular weight excluding hydrogens is 320 g/mol. The number of nitrogens with zero attached hydrogens (tertiary/aromatic N) is 1. The number of nitrogens with one attached hydrogen (secondary N) is 3. The fraction of sp³-hybridized carbons (Fsp3) is 0.556. The quantitative estimate of drug-likeness (QED) is 0.782. The topological polar surface area (TPSA) is 82.7 Å². The Balaban J connectivity index is 1.51. The molecule has 1 saturated heterocycles. The minimum Gasteiger partial charge on any atom is -0.453 e. The van der Waals surface area contributed by atoms with E-state index < -0.39 is 0 Å². The zero-order chi connectivity index (χ0) is 17.6. The zero-order valence-electron chi connectivity index (χ0n) is 14.6. The van der Waals surface area contributed by atoms with Crippen LogP contribution in [-0.4, -0.2) is 49.8 Å². The minimum atomic E-state index is -0.338. The van der Waals surface area contributed by atoms with Crippen molar-refractivity contribution in [3.05, 3.63) is 29.3 Å². The smallest absolute Gasteiger partial charge is 0.409 e. The summed E-state index contributed by atoms with van der Waals surface area (Å²) < 4.78 is 4.75. The van der Waals surface area contributed by atoms with Gasteiger partial charge in [-0.1, -0.05) is 12.1 Å². The van der Waals surface area contributed by atoms with Crippen LogP contribution in [0, 0.1) is 0 Å². The number of methoxy groups -OCH3 is 1. The molecule has 1 atom stereocenters. The summed E-state index contributed by atoms with van der Waals surface area (Å²) in [5.74, 6) is 0. The fourth-order valence-electron chi connectivity index (χ4n) is 3.55. The van der Waals surface area contributed by atoms with Crippen molar-refractivity contribution in [2.75, 3.05) is 32.1 Å². The number of carbonyl (C=O) groups excluding carboxylic acids is 2. The van der Waals surface area contributed by atoms with Crippen molar-refractivity contribution in [1.29, 1.82) is 0 Å². The van der Waals surface area contributed by atoms with Gasteiger partial charge in [-0.15, -0.1) is 0 Å². The third kappa shape index (κ3) is 4.35. The molecule has 2 aliphatic rings. The number of fused-ring (bicyclic) bond motifs is 1. The number of carbonyl (C=O) groups is 2. The zero-order valence-corrected chi connectivity index (χ0v) is 14.6. The lowest BCUT2D eigenvalue weighted by Crippen LogP contribution is -2.51. The Bertz CT molecular complexity index is 635. The maximum absolute atomic E-state index is 12.2. The monoisotopic (exact) mass is 346 g/mol. The molecule has 136 valence electrons. The number of rotatable bonds is 3. The molecule has 3 amide bonds. The summed E-state index contributed by atoms with van der Waals surface area (Å²) in [5, 5.41) is 9.30. The van der Waals surface area contributed by atoms with Gasteiger partial charge in [-0.25, -0.2) is 9.59 Å². The molecule has 3 rings (SSSR count). The summed E-state index contributed by atoms with van der Waals surface area (Å²) in [6.45, 7) is 2.67. The highest BCUT2D eigenvalue weighted by Crippen LogP contribution is 2.25. The molecule has 2 heterocycles. The lowest BCUT2D eigenvalue weighted by atomic mass is 9.97. The average molecular weight is 346 g/mol. The van der Waals surface area contributed by atoms with Gasteiger partial charge in [0.25, 0.3) is 0 Å². The Hall–Kier alpha value is -2.44. The van der Waals surface area contributed by atoms with E-state index in [-0.39, 0.29) is 18.2 Å². The third-order valence-electron chi connectivity index (χ3n) is 4.82. The summed E-state index contributed by atoms with van der Waals surface area (Å²) >= 11 is 0. The molecule has 0 bridgehead atoms. The van der Waals surface area contributed by atoms with Crippen molar-refractivity contribution in [2.24, 2.45) is 0 Å². The van der Waals surface area contributed by atoms with E-state index in [2.05, 4.69) is 28.1 Å². The van der Waals surface area contributed by atoms with E-state index in [1.54, 1.807) is 4.90 Å². The van der Waals surface area contributed by atoms with Crippen LogP contribution in [0.3, 0.4) is 0 Å². The first-order valence-electron chi connectivity index (χ1n) is 8.89. The van der Waals surface area contributed by atoms with E-state index in [9.17, 15) is 9.59 Å². The van der Waals surface area contributed by atoms with Crippen LogP contribution in [0.4, 0.5) is 15.3 Å². The first kappa shape index (κ1) is 17.4. The summed E-state index contributed by atoms with van der Waals surface area (Å²) in [4.78, 5) is 25.5. The number of likely N-dealkylation sites (tertiary alicyclic amines) is 1. The highest BCUT2D eigenvalue weighted by molar-refractivity contribution is 5.74. The van der Waals surface area contributed by atoms with Crippen LogP contribution < -0.4 is 16.0 Å². The van der Waals surface area contributed by atoms with Crippen LogP contribution in [0.25, 0.3) is 0 Å². The number of urea groups is 1. The molecule has 1 aromatic carbocycles. The van der Waals surface area contributed by atoms with Gasteiger partial charge in [0.05, 0.1) is 7.11 Å². The molecule has 1 fully saturated rings. The molecule has 0 radical (unpaired) electrons. The average Bonchev–Trinajstić information content (AvgIpc) is 2.66. The number of hydrogen-bond acceptors (Lipinski definition) is 4. The third-order valence-corrected chi connectivity index (χ3v) is 4.82. The summed E-state index contributed by atoms with van der Waals surface area (Å²) in [6.07, 6.45) is 3.54. The van der Waals surface area contributed by atoms with Crippen LogP contribution in [0.5, 0.6) is 0 Å². The van der Waals surface area contributed by atoms with E-state index in [1.807, 2.05) is 6.07 Å². The van der Waals surface area contributed by atoms with Crippen LogP contribution in [0.2, 0.25) is 0 Å². The van der Waals surface area contributed by atoms with Crippen molar-refractivity contribution < 1.29 is 14.3 Å². The first-order chi connectivity index (χ1) is 12.2. The maximum Gasteiger partial charge on any atom is 0.409 e. The first-order valence-corrected chi connectivity index (χ1v) is 8.89. The fourth-order valence-corrected chi connectivity index (χ4v) is 3.55. The number of anilines is 1. The minimum absolute atomic E-state index is 0.0424. The number of piperidine rings is 1. The van der Waals surface area contributed by atoms with Gasteiger partial charge < -0.3 is 25.6 Å². The largest absolute Gasteiger partial charge is 0.453 e. The van der Waals surface area contributed by atoms with E-state index in [1.165, 1.54) is 18.4 Å². The molecule has 0 aliphatic carbocycles. The highest BCUT2D eigenvalue weighted by Gasteiger charge is 2.25. The molecule has 0 aromatic heterocycles. The van der Waals surface area contributed by atoms with Crippen molar-refractivity contribution in [3.63, 3.8) is 0 Å². The second kappa shape index (κ2) is 8.09.